The van der Waals surface area contributed by atoms with E-state index in [4.69, 9.17) is 0 Å². The highest BCUT2D eigenvalue weighted by Crippen LogP contribution is 2.41. The highest BCUT2D eigenvalue weighted by Gasteiger charge is 2.28. The maximum absolute atomic E-state index is 2.48. The van der Waals surface area contributed by atoms with Crippen LogP contribution in [0.15, 0.2) is 121 Å². The van der Waals surface area contributed by atoms with Crippen molar-refractivity contribution in [3.05, 3.63) is 121 Å². The lowest BCUT2D eigenvalue weighted by Crippen LogP contribution is -2.37. The van der Waals surface area contributed by atoms with Crippen LogP contribution in [0.3, 0.4) is 0 Å². The summed E-state index contributed by atoms with van der Waals surface area (Å²) in [5.41, 5.74) is 11.7. The van der Waals surface area contributed by atoms with Crippen molar-refractivity contribution in [2.45, 2.75) is 159 Å². The van der Waals surface area contributed by atoms with E-state index in [2.05, 4.69) is 262 Å². The molecular formula is C54H76N6+. The molecule has 0 atom stereocenters. The van der Waals surface area contributed by atoms with Crippen LogP contribution in [0.2, 0.25) is 0 Å². The molecule has 0 fully saturated rings. The lowest BCUT2D eigenvalue weighted by Gasteiger charge is -2.34. The Bertz CT molecular complexity index is 1720. The van der Waals surface area contributed by atoms with Crippen molar-refractivity contribution in [3.8, 4) is 0 Å². The van der Waals surface area contributed by atoms with Gasteiger partial charge in [0.2, 0.25) is 0 Å². The predicted octanol–water partition coefficient (Wildman–Crippen LogP) is 15.1. The molecule has 0 bridgehead atoms. The van der Waals surface area contributed by atoms with Crippen molar-refractivity contribution in [2.24, 2.45) is 0 Å². The zero-order valence-corrected chi connectivity index (χ0v) is 39.8. The van der Waals surface area contributed by atoms with E-state index in [0.717, 1.165) is 34.1 Å². The van der Waals surface area contributed by atoms with Gasteiger partial charge in [0, 0.05) is 125 Å². The minimum Gasteiger partial charge on any atom is -0.367 e. The van der Waals surface area contributed by atoms with Gasteiger partial charge in [0.15, 0.2) is 17.1 Å². The maximum atomic E-state index is 2.48. The van der Waals surface area contributed by atoms with Crippen molar-refractivity contribution < 1.29 is 0 Å². The fourth-order valence-electron chi connectivity index (χ4n) is 9.51. The van der Waals surface area contributed by atoms with Crippen LogP contribution in [-0.4, -0.2) is 48.3 Å². The second kappa shape index (κ2) is 20.1. The molecule has 321 valence electrons. The summed E-state index contributed by atoms with van der Waals surface area (Å²) in [4.78, 5) is 14.7. The van der Waals surface area contributed by atoms with Gasteiger partial charge in [-0.1, -0.05) is 4.90 Å². The number of anilines is 10. The molecule has 60 heavy (non-hydrogen) atoms. The first kappa shape index (κ1) is 46.1. The van der Waals surface area contributed by atoms with E-state index < -0.39 is 0 Å². The first-order valence-electron chi connectivity index (χ1n) is 22.6. The average Bonchev–Trinajstić information content (AvgIpc) is 3.17. The summed E-state index contributed by atoms with van der Waals surface area (Å²) < 4.78 is 0. The van der Waals surface area contributed by atoms with Gasteiger partial charge in [-0.15, -0.1) is 0 Å². The van der Waals surface area contributed by atoms with Gasteiger partial charge in [-0.05, 0) is 196 Å². The zero-order valence-electron chi connectivity index (χ0n) is 39.8. The summed E-state index contributed by atoms with van der Waals surface area (Å²) in [5, 5.41) is 0. The number of nitrogens with zero attached hydrogens (tertiary/aromatic N) is 6. The molecule has 0 aromatic heterocycles. The summed E-state index contributed by atoms with van der Waals surface area (Å²) in [6.07, 6.45) is 0. The molecule has 0 N–H and O–H groups in total. The van der Waals surface area contributed by atoms with E-state index in [9.17, 15) is 0 Å². The largest absolute Gasteiger partial charge is 0.367 e. The third kappa shape index (κ3) is 10.5. The SMILES string of the molecule is CC(C)N(c1ccc(N(c2ccc(N(C(C)C)C(C)C)cc2)c2ccc([N+](c3ccc(N(C(C)C)C(C)C)cc3)c3ccc(N(C(C)C)C(C)C)cc3)cc2)cc1)C(C)C. The minimum atomic E-state index is 0.404. The van der Waals surface area contributed by atoms with E-state index in [0.29, 0.717) is 48.3 Å². The molecule has 0 saturated heterocycles. The van der Waals surface area contributed by atoms with Crippen molar-refractivity contribution >= 4 is 56.9 Å². The third-order valence-corrected chi connectivity index (χ3v) is 11.4. The molecule has 0 aliphatic rings. The molecular weight excluding hydrogens is 733 g/mol. The van der Waals surface area contributed by atoms with Gasteiger partial charge in [0.25, 0.3) is 0 Å². The van der Waals surface area contributed by atoms with E-state index in [1.807, 2.05) is 0 Å². The number of benzene rings is 5. The van der Waals surface area contributed by atoms with Crippen molar-refractivity contribution in [2.75, 3.05) is 24.5 Å². The van der Waals surface area contributed by atoms with E-state index in [1.165, 1.54) is 22.7 Å². The fraction of sp³-hybridized carbons (Fsp3) is 0.444. The molecule has 0 amide bonds. The van der Waals surface area contributed by atoms with Crippen LogP contribution in [0.1, 0.15) is 111 Å². The molecule has 0 heterocycles. The van der Waals surface area contributed by atoms with Crippen LogP contribution in [0.4, 0.5) is 56.9 Å². The molecule has 1 radical (unpaired) electrons. The summed E-state index contributed by atoms with van der Waals surface area (Å²) in [6.45, 7) is 36.3. The Morgan fingerprint density at radius 1 is 0.233 bits per heavy atom. The molecule has 0 unspecified atom stereocenters. The van der Waals surface area contributed by atoms with Gasteiger partial charge in [0.1, 0.15) is 0 Å². The highest BCUT2D eigenvalue weighted by atomic mass is 15.2. The van der Waals surface area contributed by atoms with Crippen LogP contribution in [-0.2, 0) is 0 Å². The van der Waals surface area contributed by atoms with Crippen molar-refractivity contribution in [3.63, 3.8) is 0 Å². The Morgan fingerprint density at radius 3 is 0.567 bits per heavy atom. The predicted molar refractivity (Wildman–Crippen MR) is 266 cm³/mol. The Labute approximate surface area is 365 Å². The fourth-order valence-corrected chi connectivity index (χ4v) is 9.51. The van der Waals surface area contributed by atoms with Gasteiger partial charge in [-0.3, -0.25) is 0 Å². The van der Waals surface area contributed by atoms with Gasteiger partial charge >= 0.3 is 0 Å². The molecule has 6 heteroatoms. The number of hydrogen-bond donors (Lipinski definition) is 0. The van der Waals surface area contributed by atoms with Gasteiger partial charge in [0.05, 0.1) is 0 Å². The normalized spacial score (nSPS) is 12.0. The average molecular weight is 809 g/mol. The second-order valence-electron chi connectivity index (χ2n) is 18.6. The Balaban J connectivity index is 1.62. The van der Waals surface area contributed by atoms with E-state index in [1.54, 1.807) is 0 Å². The van der Waals surface area contributed by atoms with Crippen molar-refractivity contribution in [1.29, 1.82) is 0 Å². The topological polar surface area (TPSA) is 22.1 Å². The molecule has 0 spiro atoms. The first-order valence-corrected chi connectivity index (χ1v) is 22.6. The maximum Gasteiger partial charge on any atom is 0.192 e. The van der Waals surface area contributed by atoms with Crippen LogP contribution < -0.4 is 29.4 Å². The summed E-state index contributed by atoms with van der Waals surface area (Å²) in [5.74, 6) is 0. The molecule has 0 aliphatic heterocycles. The lowest BCUT2D eigenvalue weighted by molar-refractivity contribution is 0.608. The first-order chi connectivity index (χ1) is 28.4. The summed E-state index contributed by atoms with van der Waals surface area (Å²) in [6, 6.07) is 48.7. The monoisotopic (exact) mass is 809 g/mol. The summed E-state index contributed by atoms with van der Waals surface area (Å²) >= 11 is 0. The van der Waals surface area contributed by atoms with Crippen LogP contribution in [0.5, 0.6) is 0 Å². The number of rotatable bonds is 18. The van der Waals surface area contributed by atoms with Gasteiger partial charge < -0.3 is 24.5 Å². The second-order valence-corrected chi connectivity index (χ2v) is 18.6. The third-order valence-electron chi connectivity index (χ3n) is 11.4. The Hall–Kier alpha value is -4.94. The highest BCUT2D eigenvalue weighted by molar-refractivity contribution is 5.80. The summed E-state index contributed by atoms with van der Waals surface area (Å²) in [7, 11) is 0. The van der Waals surface area contributed by atoms with Gasteiger partial charge in [-0.2, -0.15) is 0 Å². The van der Waals surface area contributed by atoms with E-state index >= 15 is 0 Å². The van der Waals surface area contributed by atoms with Crippen LogP contribution >= 0.6 is 0 Å². The molecule has 5 aromatic carbocycles. The lowest BCUT2D eigenvalue weighted by atomic mass is 10.1. The van der Waals surface area contributed by atoms with Gasteiger partial charge in [-0.25, -0.2) is 0 Å². The molecule has 6 nitrogen and oxygen atoms in total. The smallest absolute Gasteiger partial charge is 0.192 e. The molecule has 5 aromatic rings. The minimum absolute atomic E-state index is 0.404. The number of hydrogen-bond acceptors (Lipinski definition) is 6. The zero-order chi connectivity index (χ0) is 44.0. The quantitative estimate of drug-likeness (QED) is 0.0820. The molecule has 5 rings (SSSR count). The van der Waals surface area contributed by atoms with Crippen LogP contribution in [0, 0.1) is 0 Å². The Morgan fingerprint density at radius 2 is 0.383 bits per heavy atom. The molecule has 0 aliphatic carbocycles. The van der Waals surface area contributed by atoms with Crippen molar-refractivity contribution in [1.82, 2.24) is 4.90 Å². The van der Waals surface area contributed by atoms with E-state index in [-0.39, 0.29) is 0 Å². The standard InChI is InChI=1S/C54H76N6/c1-37(2)55(38(3)4)45-17-25-49(26-18-45)59(50-27-19-46(20-28-50)56(39(5)6)40(7)8)53-33-35-54(36-34-53)60(51-29-21-47(22-30-51)57(41(9)10)42(11)12)52-31-23-48(24-32-52)58(43(13)14)44(15)16/h17-44H,1-16H3/q+1. The molecule has 0 saturated carbocycles. The Kier molecular flexibility index (Phi) is 15.4. The van der Waals surface area contributed by atoms with Crippen LogP contribution in [0.25, 0.3) is 0 Å².